The molecule has 1 fully saturated rings. The molecule has 0 radical (unpaired) electrons. The topological polar surface area (TPSA) is 91.2 Å². The van der Waals surface area contributed by atoms with Gasteiger partial charge < -0.3 is 9.30 Å². The number of hydrogen-bond acceptors (Lipinski definition) is 6. The van der Waals surface area contributed by atoms with Crippen LogP contribution in [0.4, 0.5) is 4.39 Å². The van der Waals surface area contributed by atoms with Gasteiger partial charge in [0.2, 0.25) is 5.56 Å². The van der Waals surface area contributed by atoms with Crippen LogP contribution in [-0.2, 0) is 22.6 Å². The lowest BCUT2D eigenvalue weighted by Crippen LogP contribution is -2.14. The fraction of sp³-hybridized carbons (Fsp3) is 0.348. The van der Waals surface area contributed by atoms with Gasteiger partial charge in [0.15, 0.2) is 21.4 Å². The van der Waals surface area contributed by atoms with Crippen LogP contribution in [0.2, 0.25) is 0 Å². The fourth-order valence-corrected chi connectivity index (χ4v) is 4.90. The second-order valence-corrected chi connectivity index (χ2v) is 10.2. The molecule has 7 nitrogen and oxygen atoms in total. The Morgan fingerprint density at radius 1 is 1.19 bits per heavy atom. The Balaban J connectivity index is 1.79. The molecule has 9 heteroatoms. The summed E-state index contributed by atoms with van der Waals surface area (Å²) in [6, 6.07) is 9.18. The summed E-state index contributed by atoms with van der Waals surface area (Å²) < 4.78 is 46.6. The van der Waals surface area contributed by atoms with E-state index in [0.29, 0.717) is 17.7 Å². The molecular formula is C23H24FN3O4S. The lowest BCUT2D eigenvalue weighted by Gasteiger charge is -2.13. The van der Waals surface area contributed by atoms with Crippen LogP contribution in [0.25, 0.3) is 11.3 Å². The van der Waals surface area contributed by atoms with Gasteiger partial charge in [0.25, 0.3) is 0 Å². The average Bonchev–Trinajstić information content (AvgIpc) is 3.56. The van der Waals surface area contributed by atoms with Crippen molar-refractivity contribution < 1.29 is 17.5 Å². The number of ether oxygens (including phenoxy) is 1. The molecule has 0 saturated heterocycles. The van der Waals surface area contributed by atoms with E-state index in [-0.39, 0.29) is 40.4 Å². The number of halogens is 1. The molecule has 1 aliphatic rings. The number of hydrogen-bond donors (Lipinski definition) is 0. The summed E-state index contributed by atoms with van der Waals surface area (Å²) in [6.07, 6.45) is 4.00. The van der Waals surface area contributed by atoms with Gasteiger partial charge in [0, 0.05) is 30.4 Å². The van der Waals surface area contributed by atoms with Crippen molar-refractivity contribution in [1.82, 2.24) is 14.5 Å². The average molecular weight is 458 g/mol. The van der Waals surface area contributed by atoms with Crippen molar-refractivity contribution in [2.24, 2.45) is 7.05 Å². The predicted molar refractivity (Wildman–Crippen MR) is 119 cm³/mol. The van der Waals surface area contributed by atoms with Gasteiger partial charge in [-0.2, -0.15) is 9.97 Å². The molecule has 2 aromatic heterocycles. The molecule has 2 heterocycles. The Labute approximate surface area is 185 Å². The van der Waals surface area contributed by atoms with E-state index in [1.807, 2.05) is 6.07 Å². The van der Waals surface area contributed by atoms with Crippen LogP contribution >= 0.6 is 0 Å². The molecule has 32 heavy (non-hydrogen) atoms. The van der Waals surface area contributed by atoms with Crippen LogP contribution < -0.4 is 10.3 Å². The monoisotopic (exact) mass is 457 g/mol. The van der Waals surface area contributed by atoms with Crippen LogP contribution in [0.15, 0.2) is 47.4 Å². The third-order valence-electron chi connectivity index (χ3n) is 5.23. The van der Waals surface area contributed by atoms with Gasteiger partial charge in [-0.1, -0.05) is 19.1 Å². The first-order valence-electron chi connectivity index (χ1n) is 10.5. The molecule has 0 atom stereocenters. The van der Waals surface area contributed by atoms with Crippen molar-refractivity contribution >= 4 is 9.84 Å². The first-order chi connectivity index (χ1) is 15.3. The molecule has 1 saturated carbocycles. The molecule has 3 aromatic rings. The second kappa shape index (κ2) is 8.82. The van der Waals surface area contributed by atoms with E-state index in [1.165, 1.54) is 16.7 Å². The summed E-state index contributed by atoms with van der Waals surface area (Å²) in [6.45, 7) is 1.79. The molecule has 4 rings (SSSR count). The number of benzene rings is 1. The molecule has 0 bridgehead atoms. The maximum absolute atomic E-state index is 14.6. The number of para-hydroxylation sites is 1. The van der Waals surface area contributed by atoms with Gasteiger partial charge >= 0.3 is 6.01 Å². The van der Waals surface area contributed by atoms with Crippen LogP contribution in [-0.4, -0.2) is 28.7 Å². The Kier molecular flexibility index (Phi) is 6.10. The smallest absolute Gasteiger partial charge is 0.322 e. The van der Waals surface area contributed by atoms with Crippen molar-refractivity contribution in [2.45, 2.75) is 37.9 Å². The minimum atomic E-state index is -3.38. The zero-order valence-corrected chi connectivity index (χ0v) is 18.7. The minimum Gasteiger partial charge on any atom is -0.421 e. The number of aryl methyl sites for hydroxylation is 1. The highest BCUT2D eigenvalue weighted by atomic mass is 32.2. The Morgan fingerprint density at radius 3 is 2.66 bits per heavy atom. The summed E-state index contributed by atoms with van der Waals surface area (Å²) in [7, 11) is -1.77. The van der Waals surface area contributed by atoms with Crippen LogP contribution in [0.1, 0.15) is 43.4 Å². The maximum Gasteiger partial charge on any atom is 0.322 e. The summed E-state index contributed by atoms with van der Waals surface area (Å²) in [5, 5.41) is 0. The van der Waals surface area contributed by atoms with Crippen molar-refractivity contribution in [2.75, 3.05) is 5.75 Å². The summed E-state index contributed by atoms with van der Waals surface area (Å²) in [5.74, 6) is -0.482. The minimum absolute atomic E-state index is 0.0293. The van der Waals surface area contributed by atoms with Gasteiger partial charge in [-0.05, 0) is 43.4 Å². The highest BCUT2D eigenvalue weighted by molar-refractivity contribution is 7.90. The van der Waals surface area contributed by atoms with E-state index in [0.717, 1.165) is 18.4 Å². The van der Waals surface area contributed by atoms with Crippen LogP contribution in [0.5, 0.6) is 11.8 Å². The molecule has 0 N–H and O–H groups in total. The van der Waals surface area contributed by atoms with Crippen molar-refractivity contribution in [1.29, 1.82) is 0 Å². The van der Waals surface area contributed by atoms with E-state index in [4.69, 9.17) is 4.74 Å². The van der Waals surface area contributed by atoms with Crippen molar-refractivity contribution in [3.63, 3.8) is 0 Å². The quantitative estimate of drug-likeness (QED) is 0.508. The van der Waals surface area contributed by atoms with E-state index >= 15 is 0 Å². The van der Waals surface area contributed by atoms with Crippen molar-refractivity contribution in [3.05, 3.63) is 70.0 Å². The van der Waals surface area contributed by atoms with E-state index in [2.05, 4.69) is 9.97 Å². The third-order valence-corrected chi connectivity index (χ3v) is 7.00. The highest BCUT2D eigenvalue weighted by Gasteiger charge is 2.29. The number of nitrogens with zero attached hydrogens (tertiary/aromatic N) is 3. The van der Waals surface area contributed by atoms with Crippen LogP contribution in [0, 0.1) is 5.82 Å². The normalized spacial score (nSPS) is 13.8. The Morgan fingerprint density at radius 2 is 1.97 bits per heavy atom. The Bertz CT molecular complexity index is 1320. The molecule has 0 aliphatic heterocycles. The lowest BCUT2D eigenvalue weighted by molar-refractivity contribution is 0.405. The Hall–Kier alpha value is -3.07. The summed E-state index contributed by atoms with van der Waals surface area (Å²) >= 11 is 0. The first kappa shape index (κ1) is 22.1. The van der Waals surface area contributed by atoms with E-state index in [1.54, 1.807) is 38.4 Å². The molecule has 0 amide bonds. The van der Waals surface area contributed by atoms with Crippen LogP contribution in [0.3, 0.4) is 0 Å². The first-order valence-corrected chi connectivity index (χ1v) is 12.3. The zero-order valence-electron chi connectivity index (χ0n) is 17.9. The van der Waals surface area contributed by atoms with Gasteiger partial charge in [-0.25, -0.2) is 12.8 Å². The SMILES string of the molecule is CCCS(=O)(=O)Cc1cc(-c2ccc(=O)n(C)c2)nc(Oc2c(F)cccc2C2CC2)n1. The number of pyridine rings is 1. The largest absolute Gasteiger partial charge is 0.421 e. The molecule has 168 valence electrons. The maximum atomic E-state index is 14.6. The molecule has 0 unspecified atom stereocenters. The molecule has 1 aromatic carbocycles. The van der Waals surface area contributed by atoms with E-state index in [9.17, 15) is 17.6 Å². The molecule has 0 spiro atoms. The van der Waals surface area contributed by atoms with E-state index < -0.39 is 15.7 Å². The van der Waals surface area contributed by atoms with Crippen molar-refractivity contribution in [3.8, 4) is 23.0 Å². The van der Waals surface area contributed by atoms with Gasteiger partial charge in [0.05, 0.1) is 22.9 Å². The zero-order chi connectivity index (χ0) is 22.9. The number of rotatable bonds is 8. The summed E-state index contributed by atoms with van der Waals surface area (Å²) in [4.78, 5) is 20.4. The predicted octanol–water partition coefficient (Wildman–Crippen LogP) is 3.98. The fourth-order valence-electron chi connectivity index (χ4n) is 3.53. The van der Waals surface area contributed by atoms with Gasteiger partial charge in [0.1, 0.15) is 0 Å². The highest BCUT2D eigenvalue weighted by Crippen LogP contribution is 2.45. The molecule has 1 aliphatic carbocycles. The third kappa shape index (κ3) is 5.04. The van der Waals surface area contributed by atoms with Gasteiger partial charge in [-0.15, -0.1) is 0 Å². The summed E-state index contributed by atoms with van der Waals surface area (Å²) in [5.41, 5.74) is 1.78. The standard InChI is InChI=1S/C23H24FN3O4S/c1-3-11-32(29,30)14-17-12-20(16-9-10-21(28)27(2)13-16)26-23(25-17)31-22-18(15-7-8-15)5-4-6-19(22)24/h4-6,9-10,12-13,15H,3,7-8,11,14H2,1-2H3. The number of sulfone groups is 1. The second-order valence-electron chi connectivity index (χ2n) is 8.02. The lowest BCUT2D eigenvalue weighted by atomic mass is 10.1. The number of aromatic nitrogens is 3. The van der Waals surface area contributed by atoms with Gasteiger partial charge in [-0.3, -0.25) is 4.79 Å². The molecular weight excluding hydrogens is 433 g/mol.